The second-order valence-electron chi connectivity index (χ2n) is 3.35. The van der Waals surface area contributed by atoms with Gasteiger partial charge in [-0.1, -0.05) is 0 Å². The van der Waals surface area contributed by atoms with Crippen LogP contribution in [0.3, 0.4) is 0 Å². The van der Waals surface area contributed by atoms with Crippen LogP contribution in [0.1, 0.15) is 13.8 Å². The quantitative estimate of drug-likeness (QED) is 0.213. The first-order valence-electron chi connectivity index (χ1n) is 4.26. The number of carbonyl (C=O) groups excluding carboxylic acids is 2. The highest BCUT2D eigenvalue weighted by Crippen LogP contribution is 2.24. The summed E-state index contributed by atoms with van der Waals surface area (Å²) in [7, 11) is 0. The lowest BCUT2D eigenvalue weighted by molar-refractivity contribution is -0.222. The van der Waals surface area contributed by atoms with Gasteiger partial charge in [-0.25, -0.2) is 9.59 Å². The number of aliphatic hydroxyl groups excluding tert-OH is 1. The van der Waals surface area contributed by atoms with Crippen LogP contribution in [-0.4, -0.2) is 39.1 Å². The fraction of sp³-hybridized carbons (Fsp3) is 0.500. The van der Waals surface area contributed by atoms with Crippen molar-refractivity contribution in [3.05, 3.63) is 11.3 Å². The Bertz CT molecular complexity index is 296. The van der Waals surface area contributed by atoms with Gasteiger partial charge in [-0.3, -0.25) is 0 Å². The highest BCUT2D eigenvalue weighted by Gasteiger charge is 2.40. The number of hydrogen-bond acceptors (Lipinski definition) is 5. The molecular weight excluding hydrogens is 203 g/mol. The molecule has 1 N–H and O–H groups in total. The molecule has 0 aromatic carbocycles. The van der Waals surface area contributed by atoms with Gasteiger partial charge in [-0.05, 0) is 5.28 Å². The molecule has 0 spiro atoms. The number of rotatable bonds is 1. The molecule has 0 unspecified atom stereocenters. The molecule has 0 aromatic heterocycles. The summed E-state index contributed by atoms with van der Waals surface area (Å²) in [6.45, 7) is 2.91. The second kappa shape index (κ2) is 3.64. The van der Waals surface area contributed by atoms with Gasteiger partial charge in [-0.15, -0.1) is 0 Å². The molecule has 0 aliphatic carbocycles. The van der Waals surface area contributed by atoms with Crippen LogP contribution in [0.2, 0.25) is 5.28 Å². The van der Waals surface area contributed by atoms with Crippen molar-refractivity contribution < 1.29 is 24.2 Å². The number of esters is 2. The number of carbonyl (C=O) groups is 2. The molecule has 0 bridgehead atoms. The molecule has 1 rings (SSSR count). The van der Waals surface area contributed by atoms with Crippen LogP contribution in [0, 0.1) is 0 Å². The van der Waals surface area contributed by atoms with Crippen LogP contribution in [0.5, 0.6) is 0 Å². The molecule has 0 aromatic rings. The average molecular weight is 214 g/mol. The highest BCUT2D eigenvalue weighted by molar-refractivity contribution is 6.18. The van der Waals surface area contributed by atoms with E-state index in [4.69, 9.17) is 9.47 Å². The molecule has 5 nitrogen and oxygen atoms in total. The van der Waals surface area contributed by atoms with Crippen molar-refractivity contribution in [1.82, 2.24) is 0 Å². The van der Waals surface area contributed by atoms with Gasteiger partial charge in [0.1, 0.15) is 5.76 Å². The van der Waals surface area contributed by atoms with E-state index in [1.165, 1.54) is 13.8 Å². The zero-order chi connectivity index (χ0) is 10.9. The third-order valence-corrected chi connectivity index (χ3v) is 2.38. The Labute approximate surface area is 89.1 Å². The summed E-state index contributed by atoms with van der Waals surface area (Å²) < 4.78 is 9.59. The summed E-state index contributed by atoms with van der Waals surface area (Å²) in [6, 6.07) is 0. The van der Waals surface area contributed by atoms with Crippen LogP contribution < -0.4 is 0 Å². The molecule has 14 heavy (non-hydrogen) atoms. The number of cyclic esters (lactones) is 2. The fourth-order valence-electron chi connectivity index (χ4n) is 1.07. The molecular formula is C8H11AlO5. The summed E-state index contributed by atoms with van der Waals surface area (Å²) in [5.74, 6) is -3.13. The predicted octanol–water partition coefficient (Wildman–Crippen LogP) is -0.314. The van der Waals surface area contributed by atoms with Gasteiger partial charge >= 0.3 is 11.9 Å². The normalized spacial score (nSPS) is 20.0. The van der Waals surface area contributed by atoms with Gasteiger partial charge in [0.2, 0.25) is 16.3 Å². The maximum Gasteiger partial charge on any atom is 0.352 e. The minimum atomic E-state index is -1.25. The van der Waals surface area contributed by atoms with E-state index >= 15 is 0 Å². The Kier molecular flexibility index (Phi) is 2.88. The topological polar surface area (TPSA) is 72.8 Å². The van der Waals surface area contributed by atoms with E-state index in [1.807, 2.05) is 0 Å². The van der Waals surface area contributed by atoms with Crippen molar-refractivity contribution in [1.29, 1.82) is 0 Å². The average Bonchev–Trinajstić information content (AvgIpc) is 1.99. The van der Waals surface area contributed by atoms with Gasteiger partial charge < -0.3 is 14.6 Å². The van der Waals surface area contributed by atoms with E-state index in [1.54, 1.807) is 0 Å². The Hall–Kier alpha value is -0.988. The van der Waals surface area contributed by atoms with E-state index in [9.17, 15) is 14.7 Å². The largest absolute Gasteiger partial charge is 0.512 e. The van der Waals surface area contributed by atoms with Gasteiger partial charge in [-0.2, -0.15) is 0 Å². The summed E-state index contributed by atoms with van der Waals surface area (Å²) in [5.41, 5.74) is -0.376. The zero-order valence-corrected chi connectivity index (χ0v) is 10.3. The molecule has 0 amide bonds. The molecule has 0 atom stereocenters. The summed E-state index contributed by atoms with van der Waals surface area (Å²) in [5, 5.41) is 9.63. The third kappa shape index (κ3) is 2.08. The maximum absolute atomic E-state index is 11.3. The van der Waals surface area contributed by atoms with Gasteiger partial charge in [0, 0.05) is 13.8 Å². The number of ether oxygens (including phenoxy) is 2. The van der Waals surface area contributed by atoms with Crippen molar-refractivity contribution in [2.75, 3.05) is 0 Å². The first-order valence-corrected chi connectivity index (χ1v) is 5.67. The highest BCUT2D eigenvalue weighted by atomic mass is 27.0. The van der Waals surface area contributed by atoms with Crippen molar-refractivity contribution in [3.8, 4) is 0 Å². The van der Waals surface area contributed by atoms with Crippen LogP contribution in [0.25, 0.3) is 0 Å². The first-order chi connectivity index (χ1) is 6.37. The van der Waals surface area contributed by atoms with Crippen molar-refractivity contribution >= 4 is 28.2 Å². The lowest BCUT2D eigenvalue weighted by Crippen LogP contribution is -2.42. The van der Waals surface area contributed by atoms with E-state index in [0.717, 1.165) is 0 Å². The molecule has 1 saturated heterocycles. The monoisotopic (exact) mass is 214 g/mol. The predicted molar refractivity (Wildman–Crippen MR) is 49.3 cm³/mol. The van der Waals surface area contributed by atoms with E-state index in [-0.39, 0.29) is 11.3 Å². The standard InChI is InChI=1S/C8H9O5.Al.2H/c1-4(9)5-6(10)12-8(2,3)13-7(5)11;;;/h9H,1H2,2-3H3;;;. The van der Waals surface area contributed by atoms with Crippen molar-refractivity contribution in [3.63, 3.8) is 0 Å². The summed E-state index contributed by atoms with van der Waals surface area (Å²) >= 11 is 0.653. The molecule has 1 heterocycles. The first kappa shape index (κ1) is 11.1. The third-order valence-electron chi connectivity index (χ3n) is 1.71. The number of aliphatic hydroxyl groups is 1. The fourth-order valence-corrected chi connectivity index (χ4v) is 1.42. The molecule has 0 radical (unpaired) electrons. The van der Waals surface area contributed by atoms with E-state index in [0.29, 0.717) is 21.6 Å². The molecule has 6 heteroatoms. The lowest BCUT2D eigenvalue weighted by atomic mass is 10.2. The maximum atomic E-state index is 11.3. The van der Waals surface area contributed by atoms with E-state index < -0.39 is 17.7 Å². The Morgan fingerprint density at radius 3 is 2.14 bits per heavy atom. The Balaban J connectivity index is 3.04. The molecule has 1 aliphatic heterocycles. The summed E-state index contributed by atoms with van der Waals surface area (Å²) in [4.78, 5) is 22.6. The Morgan fingerprint density at radius 2 is 1.79 bits per heavy atom. The Morgan fingerprint density at radius 1 is 1.36 bits per heavy atom. The molecule has 0 saturated carbocycles. The zero-order valence-electron chi connectivity index (χ0n) is 8.29. The smallest absolute Gasteiger partial charge is 0.352 e. The minimum Gasteiger partial charge on any atom is -0.512 e. The van der Waals surface area contributed by atoms with Crippen molar-refractivity contribution in [2.45, 2.75) is 24.9 Å². The molecule has 1 aliphatic rings. The van der Waals surface area contributed by atoms with Gasteiger partial charge in [0.25, 0.3) is 5.79 Å². The minimum absolute atomic E-state index is 0.248. The molecule has 76 valence electrons. The molecule has 1 fully saturated rings. The number of allylic oxidation sites excluding steroid dienone is 1. The van der Waals surface area contributed by atoms with Crippen LogP contribution >= 0.6 is 0 Å². The SMILES string of the molecule is CC1(C)OC(=O)C(=C(O)[CH2][AlH2])C(=O)O1. The van der Waals surface area contributed by atoms with Crippen LogP contribution in [-0.2, 0) is 19.1 Å². The van der Waals surface area contributed by atoms with Crippen molar-refractivity contribution in [2.24, 2.45) is 0 Å². The van der Waals surface area contributed by atoms with Gasteiger partial charge in [0.15, 0.2) is 5.57 Å². The summed E-state index contributed by atoms with van der Waals surface area (Å²) in [6.07, 6.45) is 0. The van der Waals surface area contributed by atoms with E-state index in [2.05, 4.69) is 0 Å². The van der Waals surface area contributed by atoms with Crippen LogP contribution in [0.15, 0.2) is 11.3 Å². The van der Waals surface area contributed by atoms with Crippen LogP contribution in [0.4, 0.5) is 0 Å². The number of hydrogen-bond donors (Lipinski definition) is 1. The lowest BCUT2D eigenvalue weighted by Gasteiger charge is -2.30. The van der Waals surface area contributed by atoms with Gasteiger partial charge in [0.05, 0.1) is 0 Å². The second-order valence-corrected chi connectivity index (χ2v) is 4.06.